The summed E-state index contributed by atoms with van der Waals surface area (Å²) < 4.78 is 5.15. The molecule has 4 N–H and O–H groups in total. The van der Waals surface area contributed by atoms with Gasteiger partial charge in [0.2, 0.25) is 0 Å². The normalized spacial score (nSPS) is 9.97. The zero-order valence-electron chi connectivity index (χ0n) is 16.7. The molecule has 0 unspecified atom stereocenters. The summed E-state index contributed by atoms with van der Waals surface area (Å²) in [5.74, 6) is -0.588. The molecule has 31 heavy (non-hydrogen) atoms. The monoisotopic (exact) mass is 416 g/mol. The van der Waals surface area contributed by atoms with Gasteiger partial charge in [0.25, 0.3) is 17.4 Å². The van der Waals surface area contributed by atoms with Crippen LogP contribution in [0.25, 0.3) is 10.9 Å². The molecule has 156 valence electrons. The van der Waals surface area contributed by atoms with Crippen molar-refractivity contribution in [2.45, 2.75) is 0 Å². The number of benzene rings is 3. The maximum atomic E-state index is 12.1. The molecule has 8 nitrogen and oxygen atoms in total. The minimum Gasteiger partial charge on any atom is -0.495 e. The van der Waals surface area contributed by atoms with Gasteiger partial charge in [0.1, 0.15) is 5.75 Å². The molecule has 1 aromatic heterocycles. The molecule has 4 aromatic rings. The Morgan fingerprint density at radius 1 is 0.968 bits per heavy atom. The molecule has 0 aliphatic rings. The second kappa shape index (κ2) is 9.84. The van der Waals surface area contributed by atoms with Gasteiger partial charge < -0.3 is 20.8 Å². The van der Waals surface area contributed by atoms with Gasteiger partial charge in [-0.2, -0.15) is 0 Å². The van der Waals surface area contributed by atoms with Gasteiger partial charge in [-0.15, -0.1) is 0 Å². The second-order valence-corrected chi connectivity index (χ2v) is 6.32. The van der Waals surface area contributed by atoms with E-state index in [-0.39, 0.29) is 22.7 Å². The number of carbonyl (C=O) groups is 2. The first kappa shape index (κ1) is 21.3. The van der Waals surface area contributed by atoms with Gasteiger partial charge in [0.05, 0.1) is 35.6 Å². The summed E-state index contributed by atoms with van der Waals surface area (Å²) in [6.07, 6.45) is 1.41. The minimum absolute atomic E-state index is 0.0874. The van der Waals surface area contributed by atoms with Crippen molar-refractivity contribution in [3.63, 3.8) is 0 Å². The number of amides is 2. The topological polar surface area (TPSA) is 127 Å². The van der Waals surface area contributed by atoms with Crippen molar-refractivity contribution in [1.82, 2.24) is 9.97 Å². The number of nitrogens with zero attached hydrogens (tertiary/aromatic N) is 1. The highest BCUT2D eigenvalue weighted by atomic mass is 16.5. The molecule has 0 spiro atoms. The predicted molar refractivity (Wildman–Crippen MR) is 118 cm³/mol. The van der Waals surface area contributed by atoms with Crippen LogP contribution >= 0.6 is 0 Å². The molecule has 0 atom stereocenters. The molecule has 0 saturated heterocycles. The number of primary amides is 1. The summed E-state index contributed by atoms with van der Waals surface area (Å²) >= 11 is 0. The Labute approximate surface area is 177 Å². The first-order valence-electron chi connectivity index (χ1n) is 9.27. The highest BCUT2D eigenvalue weighted by Crippen LogP contribution is 2.28. The molecule has 3 aromatic carbocycles. The van der Waals surface area contributed by atoms with Crippen LogP contribution in [0.2, 0.25) is 0 Å². The van der Waals surface area contributed by atoms with Crippen LogP contribution in [0.15, 0.2) is 83.9 Å². The van der Waals surface area contributed by atoms with E-state index < -0.39 is 5.91 Å². The van der Waals surface area contributed by atoms with Crippen LogP contribution in [0.3, 0.4) is 0 Å². The van der Waals surface area contributed by atoms with E-state index in [1.165, 1.54) is 19.5 Å². The van der Waals surface area contributed by atoms with Gasteiger partial charge in [-0.25, -0.2) is 4.98 Å². The van der Waals surface area contributed by atoms with Crippen molar-refractivity contribution >= 4 is 28.4 Å². The highest BCUT2D eigenvalue weighted by Gasteiger charge is 2.16. The molecule has 0 aliphatic heterocycles. The van der Waals surface area contributed by atoms with Gasteiger partial charge >= 0.3 is 0 Å². The average molecular weight is 416 g/mol. The Morgan fingerprint density at radius 2 is 1.68 bits per heavy atom. The number of hydrogen-bond donors (Lipinski definition) is 3. The standard InChI is InChI=1S/C15H14N2O3.C8H6N2O/c1-20-12-9-5-8-11(14(16)18)13(12)17-15(19)10-6-3-2-4-7-10;11-8-6-3-1-2-4-7(6)9-5-10-8/h2-9H,1H3,(H2,16,18)(H,17,19);1-5H,(H,9,10,11). The lowest BCUT2D eigenvalue weighted by Crippen LogP contribution is -2.19. The number of rotatable bonds is 4. The third-order valence-corrected chi connectivity index (χ3v) is 4.33. The van der Waals surface area contributed by atoms with Gasteiger partial charge in [0.15, 0.2) is 0 Å². The first-order chi connectivity index (χ1) is 15.0. The fraction of sp³-hybridized carbons (Fsp3) is 0.0435. The molecule has 0 aliphatic carbocycles. The second-order valence-electron chi connectivity index (χ2n) is 6.32. The molecule has 1 heterocycles. The number of para-hydroxylation sites is 2. The third kappa shape index (κ3) is 5.13. The summed E-state index contributed by atoms with van der Waals surface area (Å²) in [5, 5.41) is 3.30. The van der Waals surface area contributed by atoms with E-state index in [0.717, 1.165) is 5.52 Å². The highest BCUT2D eigenvalue weighted by molar-refractivity contribution is 6.09. The number of methoxy groups -OCH3 is 1. The smallest absolute Gasteiger partial charge is 0.258 e. The number of hydrogen-bond acceptors (Lipinski definition) is 5. The summed E-state index contributed by atoms with van der Waals surface area (Å²) in [6.45, 7) is 0. The van der Waals surface area contributed by atoms with E-state index in [1.807, 2.05) is 24.3 Å². The van der Waals surface area contributed by atoms with Crippen LogP contribution in [-0.4, -0.2) is 28.9 Å². The van der Waals surface area contributed by atoms with E-state index in [4.69, 9.17) is 10.5 Å². The first-order valence-corrected chi connectivity index (χ1v) is 9.27. The predicted octanol–water partition coefficient (Wildman–Crippen LogP) is 2.97. The zero-order chi connectivity index (χ0) is 22.2. The molecule has 0 saturated carbocycles. The lowest BCUT2D eigenvalue weighted by Gasteiger charge is -2.13. The number of fused-ring (bicyclic) bond motifs is 1. The molecular formula is C23H20N4O4. The molecule has 4 rings (SSSR count). The molecular weight excluding hydrogens is 396 g/mol. The molecule has 0 bridgehead atoms. The number of aromatic amines is 1. The van der Waals surface area contributed by atoms with Crippen LogP contribution in [0.4, 0.5) is 5.69 Å². The van der Waals surface area contributed by atoms with Crippen LogP contribution in [0.1, 0.15) is 20.7 Å². The Morgan fingerprint density at radius 3 is 2.35 bits per heavy atom. The minimum atomic E-state index is -0.632. The lowest BCUT2D eigenvalue weighted by atomic mass is 10.1. The maximum Gasteiger partial charge on any atom is 0.258 e. The largest absolute Gasteiger partial charge is 0.495 e. The fourth-order valence-electron chi connectivity index (χ4n) is 2.83. The summed E-state index contributed by atoms with van der Waals surface area (Å²) in [7, 11) is 1.46. The van der Waals surface area contributed by atoms with Gasteiger partial charge in [-0.1, -0.05) is 36.4 Å². The summed E-state index contributed by atoms with van der Waals surface area (Å²) in [6, 6.07) is 20.7. The summed E-state index contributed by atoms with van der Waals surface area (Å²) in [5.41, 5.74) is 6.91. The summed E-state index contributed by atoms with van der Waals surface area (Å²) in [4.78, 5) is 41.1. The van der Waals surface area contributed by atoms with Crippen molar-refractivity contribution in [1.29, 1.82) is 0 Å². The Balaban J connectivity index is 0.000000207. The van der Waals surface area contributed by atoms with E-state index >= 15 is 0 Å². The van der Waals surface area contributed by atoms with Gasteiger partial charge in [0, 0.05) is 5.56 Å². The van der Waals surface area contributed by atoms with Crippen molar-refractivity contribution in [2.24, 2.45) is 5.73 Å². The van der Waals surface area contributed by atoms with Crippen LogP contribution in [0, 0.1) is 0 Å². The Kier molecular flexibility index (Phi) is 6.74. The van der Waals surface area contributed by atoms with E-state index in [9.17, 15) is 14.4 Å². The van der Waals surface area contributed by atoms with Crippen molar-refractivity contribution in [3.05, 3.63) is 101 Å². The Bertz CT molecular complexity index is 1260. The van der Waals surface area contributed by atoms with Crippen LogP contribution in [0.5, 0.6) is 5.75 Å². The number of anilines is 1. The lowest BCUT2D eigenvalue weighted by molar-refractivity contribution is 0.100. The van der Waals surface area contributed by atoms with Crippen molar-refractivity contribution in [3.8, 4) is 5.75 Å². The van der Waals surface area contributed by atoms with Crippen molar-refractivity contribution < 1.29 is 14.3 Å². The number of carbonyl (C=O) groups excluding carboxylic acids is 2. The van der Waals surface area contributed by atoms with Gasteiger partial charge in [-0.3, -0.25) is 14.4 Å². The number of nitrogens with two attached hydrogens (primary N) is 1. The number of ether oxygens (including phenoxy) is 1. The number of nitrogens with one attached hydrogen (secondary N) is 2. The third-order valence-electron chi connectivity index (χ3n) is 4.33. The van der Waals surface area contributed by atoms with E-state index in [0.29, 0.717) is 16.7 Å². The van der Waals surface area contributed by atoms with Crippen LogP contribution < -0.4 is 21.3 Å². The zero-order valence-corrected chi connectivity index (χ0v) is 16.7. The molecule has 0 fully saturated rings. The Hall–Kier alpha value is -4.46. The molecule has 2 amide bonds. The number of H-pyrrole nitrogens is 1. The molecule has 8 heteroatoms. The fourth-order valence-corrected chi connectivity index (χ4v) is 2.83. The molecule has 0 radical (unpaired) electrons. The van der Waals surface area contributed by atoms with Gasteiger partial charge in [-0.05, 0) is 36.4 Å². The van der Waals surface area contributed by atoms with E-state index in [1.54, 1.807) is 42.5 Å². The van der Waals surface area contributed by atoms with Crippen LogP contribution in [-0.2, 0) is 0 Å². The maximum absolute atomic E-state index is 12.1. The SMILES string of the molecule is COc1cccc(C(N)=O)c1NC(=O)c1ccccc1.O=c1[nH]cnc2ccccc12. The quantitative estimate of drug-likeness (QED) is 0.471. The average Bonchev–Trinajstić information content (AvgIpc) is 2.80. The van der Waals surface area contributed by atoms with Crippen molar-refractivity contribution in [2.75, 3.05) is 12.4 Å². The number of aromatic nitrogens is 2. The van der Waals surface area contributed by atoms with E-state index in [2.05, 4.69) is 15.3 Å².